The molecule has 1 amide bonds. The summed E-state index contributed by atoms with van der Waals surface area (Å²) in [6, 6.07) is 28.2. The molecule has 25 nitrogen and oxygen atoms in total. The predicted octanol–water partition coefficient (Wildman–Crippen LogP) is 8.52. The lowest BCUT2D eigenvalue weighted by molar-refractivity contribution is -0.353. The van der Waals surface area contributed by atoms with Gasteiger partial charge in [-0.1, -0.05) is 70.3 Å². The number of phenols is 1. The number of carboxylic acids is 1. The summed E-state index contributed by atoms with van der Waals surface area (Å²) >= 11 is 5.51. The maximum Gasteiger partial charge on any atom is 0.336 e. The molecule has 0 aromatic heterocycles. The zero-order chi connectivity index (χ0) is 68.0. The van der Waals surface area contributed by atoms with Crippen LogP contribution in [0.5, 0.6) is 5.75 Å². The third-order valence-electron chi connectivity index (χ3n) is 16.6. The second kappa shape index (κ2) is 36.2. The third kappa shape index (κ3) is 21.5. The standard InChI is InChI=1S/C69H86N6O19S/c1-75(2)45-26-23-43(24-27-45)74-73-42-21-19-41(20-22-42)65(86)70-33-15-11-7-3-5-9-13-17-58(80)89-39-56-61(82)52(78)38-53(79)67(92-56)94-68-64(85)63(84)62(83)57(93-68)40-90-59(81)18-14-10-6-4-8-12-16-34-71-69(95)72-44-25-30-48(51(35-44)66(87)88)60-49-31-28-46(76)36-54(49)91-55-37-47(77)29-32-50(55)60/h19-32,35-37,52-53,56-57,61-64,67-68,76,78-79,82-85H,3-18,33-34,38-40H2,1-2H3,(H,70,86)(H,87,88)(H2,71,72,95)/t52?,53?,56?,57?,61-,62+,63?,64?,67+,68+/m0/s1. The highest BCUT2D eigenvalue weighted by Gasteiger charge is 2.48. The molecule has 26 heteroatoms. The summed E-state index contributed by atoms with van der Waals surface area (Å²) in [5.41, 5.74) is 4.81. The average molecular weight is 1340 g/mol. The quantitative estimate of drug-likeness (QED) is 0.00604. The number of nitrogens with zero attached hydrogens (tertiary/aromatic N) is 3. The number of hydrogen-bond donors (Lipinski definition) is 11. The van der Waals surface area contributed by atoms with Crippen LogP contribution in [0.4, 0.5) is 22.7 Å². The van der Waals surface area contributed by atoms with Gasteiger partial charge in [0.2, 0.25) is 0 Å². The number of amides is 1. The molecule has 10 atom stereocenters. The molecule has 8 rings (SSSR count). The highest BCUT2D eigenvalue weighted by atomic mass is 32.1. The molecule has 512 valence electrons. The Kier molecular flexibility index (Phi) is 27.7. The number of ether oxygens (including phenoxy) is 5. The van der Waals surface area contributed by atoms with E-state index >= 15 is 0 Å². The Morgan fingerprint density at radius 3 is 1.77 bits per heavy atom. The van der Waals surface area contributed by atoms with Gasteiger partial charge in [0, 0.05) is 92.0 Å². The number of aliphatic hydroxyl groups excluding tert-OH is 6. The predicted molar refractivity (Wildman–Crippen MR) is 356 cm³/mol. The number of carboxylic acid groups (broad SMARTS) is 1. The van der Waals surface area contributed by atoms with Crippen molar-refractivity contribution >= 4 is 74.9 Å². The fourth-order valence-corrected chi connectivity index (χ4v) is 11.4. The molecule has 4 aliphatic rings. The Bertz CT molecular complexity index is 3560. The number of aromatic hydroxyl groups is 1. The highest BCUT2D eigenvalue weighted by Crippen LogP contribution is 2.43. The van der Waals surface area contributed by atoms with Crippen LogP contribution in [-0.2, 0) is 33.3 Å². The normalized spacial score (nSPS) is 21.3. The molecule has 2 saturated heterocycles. The Morgan fingerprint density at radius 1 is 0.600 bits per heavy atom. The van der Waals surface area contributed by atoms with Crippen molar-refractivity contribution in [2.75, 3.05) is 50.6 Å². The zero-order valence-electron chi connectivity index (χ0n) is 53.3. The number of esters is 2. The number of rotatable bonds is 33. The number of nitrogens with one attached hydrogen (secondary N) is 3. The number of anilines is 2. The Balaban J connectivity index is 0.656. The SMILES string of the molecule is CN(C)c1ccc(N=Nc2ccc(C(=O)NCCCCCCCCCC(=O)OCC3O[C@H](O[C@H]4OC(COC(=O)CCCCCCCCCNC(=S)Nc5ccc(-c6c7ccc(=O)cc-7oc7cc(O)ccc67)c(C(=O)O)c5)[C@@H](O)C(O)C4O)C(O)CC(O)[C@@H]3O)cc2)cc1. The number of hydrogen-bond acceptors (Lipinski definition) is 22. The van der Waals surface area contributed by atoms with E-state index in [0.717, 1.165) is 88.4 Å². The summed E-state index contributed by atoms with van der Waals surface area (Å²) in [5.74, 6) is -2.32. The van der Waals surface area contributed by atoms with Gasteiger partial charge in [-0.25, -0.2) is 4.79 Å². The van der Waals surface area contributed by atoms with Gasteiger partial charge in [-0.15, -0.1) is 0 Å². The molecule has 0 radical (unpaired) electrons. The number of carbonyl (C=O) groups excluding carboxylic acids is 3. The van der Waals surface area contributed by atoms with Gasteiger partial charge in [0.15, 0.2) is 23.1 Å². The van der Waals surface area contributed by atoms with Crippen LogP contribution in [0.1, 0.15) is 130 Å². The summed E-state index contributed by atoms with van der Waals surface area (Å²) < 4.78 is 33.9. The molecular formula is C69H86N6O19S. The number of azo groups is 1. The molecule has 2 fully saturated rings. The van der Waals surface area contributed by atoms with E-state index in [0.29, 0.717) is 70.1 Å². The third-order valence-corrected chi connectivity index (χ3v) is 16.8. The molecule has 11 N–H and O–H groups in total. The van der Waals surface area contributed by atoms with E-state index in [1.54, 1.807) is 48.5 Å². The van der Waals surface area contributed by atoms with Crippen molar-refractivity contribution < 1.29 is 88.1 Å². The Morgan fingerprint density at radius 2 is 1.16 bits per heavy atom. The lowest BCUT2D eigenvalue weighted by atomic mass is 9.90. The number of unbranched alkanes of at least 4 members (excludes halogenated alkanes) is 12. The number of carbonyl (C=O) groups is 4. The maximum atomic E-state index is 12.7. The van der Waals surface area contributed by atoms with Crippen molar-refractivity contribution in [1.82, 2.24) is 10.6 Å². The Hall–Kier alpha value is -8.02. The summed E-state index contributed by atoms with van der Waals surface area (Å²) in [6.45, 7) is 0.0709. The minimum Gasteiger partial charge on any atom is -0.508 e. The molecule has 4 aromatic rings. The first kappa shape index (κ1) is 72.8. The minimum atomic E-state index is -1.87. The van der Waals surface area contributed by atoms with Crippen molar-refractivity contribution in [1.29, 1.82) is 0 Å². The van der Waals surface area contributed by atoms with E-state index in [1.165, 1.54) is 30.3 Å². The van der Waals surface area contributed by atoms with Crippen molar-refractivity contribution in [3.05, 3.63) is 124 Å². The maximum absolute atomic E-state index is 12.7. The van der Waals surface area contributed by atoms with Gasteiger partial charge in [0.05, 0.1) is 23.0 Å². The topological polar surface area (TPSA) is 371 Å². The van der Waals surface area contributed by atoms with Gasteiger partial charge in [0.25, 0.3) is 5.91 Å². The molecule has 0 bridgehead atoms. The van der Waals surface area contributed by atoms with Gasteiger partial charge in [-0.05, 0) is 128 Å². The molecule has 1 aliphatic carbocycles. The largest absolute Gasteiger partial charge is 0.508 e. The van der Waals surface area contributed by atoms with Crippen LogP contribution in [0.15, 0.2) is 123 Å². The number of aliphatic hydroxyl groups is 6. The van der Waals surface area contributed by atoms with E-state index in [1.807, 2.05) is 43.3 Å². The van der Waals surface area contributed by atoms with Crippen LogP contribution in [-0.4, -0.2) is 172 Å². The van der Waals surface area contributed by atoms with Crippen LogP contribution < -0.4 is 26.3 Å². The van der Waals surface area contributed by atoms with E-state index in [-0.39, 0.29) is 46.8 Å². The summed E-state index contributed by atoms with van der Waals surface area (Å²) in [7, 11) is 3.93. The minimum absolute atomic E-state index is 0.0191. The van der Waals surface area contributed by atoms with Gasteiger partial charge < -0.3 is 89.8 Å². The van der Waals surface area contributed by atoms with Gasteiger partial charge in [0.1, 0.15) is 73.0 Å². The van der Waals surface area contributed by atoms with Crippen molar-refractivity contribution in [3.63, 3.8) is 0 Å². The first-order valence-electron chi connectivity index (χ1n) is 32.3. The molecule has 3 aliphatic heterocycles. The first-order valence-corrected chi connectivity index (χ1v) is 32.7. The second-order valence-corrected chi connectivity index (χ2v) is 24.5. The zero-order valence-corrected chi connectivity index (χ0v) is 54.1. The van der Waals surface area contributed by atoms with Crippen LogP contribution in [0.2, 0.25) is 0 Å². The van der Waals surface area contributed by atoms with E-state index in [2.05, 4.69) is 26.2 Å². The van der Waals surface area contributed by atoms with E-state index in [9.17, 15) is 64.8 Å². The fourth-order valence-electron chi connectivity index (χ4n) is 11.2. The van der Waals surface area contributed by atoms with Crippen molar-refractivity contribution in [2.24, 2.45) is 10.2 Å². The number of fused-ring (bicyclic) bond motifs is 2. The molecule has 4 aromatic carbocycles. The summed E-state index contributed by atoms with van der Waals surface area (Å²) in [6.07, 6.45) is -5.21. The van der Waals surface area contributed by atoms with E-state index < -0.39 is 99.0 Å². The van der Waals surface area contributed by atoms with Gasteiger partial charge in [-0.3, -0.25) is 19.2 Å². The monoisotopic (exact) mass is 1330 g/mol. The van der Waals surface area contributed by atoms with Crippen LogP contribution in [0.3, 0.4) is 0 Å². The lowest BCUT2D eigenvalue weighted by Gasteiger charge is -2.41. The van der Waals surface area contributed by atoms with Crippen molar-refractivity contribution in [2.45, 2.75) is 171 Å². The van der Waals surface area contributed by atoms with E-state index in [4.69, 9.17) is 40.3 Å². The molecule has 95 heavy (non-hydrogen) atoms. The van der Waals surface area contributed by atoms with Crippen LogP contribution >= 0.6 is 12.2 Å². The Labute approximate surface area is 555 Å². The average Bonchev–Trinajstić information content (AvgIpc) is 0.978. The smallest absolute Gasteiger partial charge is 0.336 e. The van der Waals surface area contributed by atoms with Crippen molar-refractivity contribution in [3.8, 4) is 28.2 Å². The number of benzene rings is 5. The van der Waals surface area contributed by atoms with Crippen LogP contribution in [0.25, 0.3) is 33.4 Å². The molecule has 0 saturated carbocycles. The molecule has 0 spiro atoms. The van der Waals surface area contributed by atoms with Crippen LogP contribution in [0, 0.1) is 0 Å². The molecular weight excluding hydrogens is 1250 g/mol. The first-order chi connectivity index (χ1) is 45.7. The molecule has 3 heterocycles. The fraction of sp³-hybridized carbons (Fsp3) is 0.478. The van der Waals surface area contributed by atoms with Gasteiger partial charge in [-0.2, -0.15) is 10.2 Å². The highest BCUT2D eigenvalue weighted by molar-refractivity contribution is 7.80. The number of aromatic carboxylic acids is 1. The second-order valence-electron chi connectivity index (χ2n) is 24.0. The number of thiocarbonyl (C=S) groups is 1. The summed E-state index contributed by atoms with van der Waals surface area (Å²) in [4.78, 5) is 65.0. The van der Waals surface area contributed by atoms with Gasteiger partial charge >= 0.3 is 17.9 Å². The lowest BCUT2D eigenvalue weighted by Crippen LogP contribution is -2.60. The number of phenolic OH excluding ortho intramolecular Hbond substituents is 1. The molecule has 6 unspecified atom stereocenters. The summed E-state index contributed by atoms with van der Waals surface area (Å²) in [5, 5.41) is 104.